The minimum atomic E-state index is -0.136. The molecule has 26 heavy (non-hydrogen) atoms. The Labute approximate surface area is 166 Å². The number of amidine groups is 1. The standard InChI is InChI=1S/C19H16Cl2N2O2S/c1-3-25-16-9-8-13(20)10-12(16)11-17-18(24)23(2)19(26-17)22-15-7-5-4-6-14(15)21/h4-11H,3H2,1-2H3/b17-11+,22-19?. The minimum Gasteiger partial charge on any atom is -0.493 e. The van der Waals surface area contributed by atoms with E-state index in [4.69, 9.17) is 27.9 Å². The fourth-order valence-corrected chi connectivity index (χ4v) is 3.69. The van der Waals surface area contributed by atoms with Crippen LogP contribution in [0.2, 0.25) is 10.0 Å². The van der Waals surface area contributed by atoms with Gasteiger partial charge < -0.3 is 4.74 Å². The van der Waals surface area contributed by atoms with Gasteiger partial charge in [-0.2, -0.15) is 0 Å². The average Bonchev–Trinajstić information content (AvgIpc) is 2.87. The van der Waals surface area contributed by atoms with Crippen LogP contribution >= 0.6 is 35.0 Å². The number of amides is 1. The van der Waals surface area contributed by atoms with Crippen LogP contribution in [0.4, 0.5) is 5.69 Å². The molecule has 0 spiro atoms. The maximum atomic E-state index is 12.6. The van der Waals surface area contributed by atoms with Crippen molar-refractivity contribution in [2.45, 2.75) is 6.92 Å². The maximum Gasteiger partial charge on any atom is 0.266 e. The lowest BCUT2D eigenvalue weighted by atomic mass is 10.2. The highest BCUT2D eigenvalue weighted by molar-refractivity contribution is 8.18. The number of likely N-dealkylation sites (N-methyl/N-ethyl adjacent to an activating group) is 1. The highest BCUT2D eigenvalue weighted by Gasteiger charge is 2.30. The van der Waals surface area contributed by atoms with E-state index in [-0.39, 0.29) is 5.91 Å². The van der Waals surface area contributed by atoms with Gasteiger partial charge in [0, 0.05) is 17.6 Å². The van der Waals surface area contributed by atoms with Gasteiger partial charge in [0.1, 0.15) is 5.75 Å². The Morgan fingerprint density at radius 1 is 1.23 bits per heavy atom. The van der Waals surface area contributed by atoms with Gasteiger partial charge in [-0.15, -0.1) is 0 Å². The van der Waals surface area contributed by atoms with Gasteiger partial charge in [-0.25, -0.2) is 4.99 Å². The van der Waals surface area contributed by atoms with Gasteiger partial charge in [-0.05, 0) is 55.1 Å². The smallest absolute Gasteiger partial charge is 0.266 e. The molecule has 0 aromatic heterocycles. The second kappa shape index (κ2) is 8.16. The largest absolute Gasteiger partial charge is 0.493 e. The zero-order valence-corrected chi connectivity index (χ0v) is 16.5. The SMILES string of the molecule is CCOc1ccc(Cl)cc1/C=C1/SC(=Nc2ccccc2Cl)N(C)C1=O. The first-order valence-corrected chi connectivity index (χ1v) is 9.50. The lowest BCUT2D eigenvalue weighted by Crippen LogP contribution is -2.23. The number of rotatable bonds is 4. The lowest BCUT2D eigenvalue weighted by Gasteiger charge is -2.08. The molecule has 2 aromatic carbocycles. The number of para-hydroxylation sites is 1. The Balaban J connectivity index is 1.96. The van der Waals surface area contributed by atoms with Crippen molar-refractivity contribution in [3.63, 3.8) is 0 Å². The summed E-state index contributed by atoms with van der Waals surface area (Å²) in [6, 6.07) is 12.6. The Kier molecular flexibility index (Phi) is 5.91. The molecule has 0 saturated carbocycles. The summed E-state index contributed by atoms with van der Waals surface area (Å²) in [6.07, 6.45) is 1.77. The van der Waals surface area contributed by atoms with Crippen molar-refractivity contribution in [3.05, 3.63) is 63.0 Å². The molecule has 0 unspecified atom stereocenters. The van der Waals surface area contributed by atoms with Crippen LogP contribution in [0.3, 0.4) is 0 Å². The molecule has 2 aromatic rings. The summed E-state index contributed by atoms with van der Waals surface area (Å²) in [4.78, 5) is 19.2. The first kappa shape index (κ1) is 18.8. The predicted molar refractivity (Wildman–Crippen MR) is 110 cm³/mol. The van der Waals surface area contributed by atoms with E-state index in [0.29, 0.717) is 38.2 Å². The summed E-state index contributed by atoms with van der Waals surface area (Å²) in [6.45, 7) is 2.43. The Hall–Kier alpha value is -1.95. The zero-order valence-electron chi connectivity index (χ0n) is 14.2. The summed E-state index contributed by atoms with van der Waals surface area (Å²) in [7, 11) is 1.69. The minimum absolute atomic E-state index is 0.136. The fourth-order valence-electron chi connectivity index (χ4n) is 2.36. The lowest BCUT2D eigenvalue weighted by molar-refractivity contribution is -0.121. The van der Waals surface area contributed by atoms with Gasteiger partial charge in [0.2, 0.25) is 0 Å². The molecule has 3 rings (SSSR count). The molecule has 0 radical (unpaired) electrons. The molecule has 0 atom stereocenters. The van der Waals surface area contributed by atoms with E-state index in [0.717, 1.165) is 5.56 Å². The van der Waals surface area contributed by atoms with Crippen LogP contribution in [0.15, 0.2) is 52.4 Å². The van der Waals surface area contributed by atoms with Crippen molar-refractivity contribution < 1.29 is 9.53 Å². The number of nitrogens with zero attached hydrogens (tertiary/aromatic N) is 2. The van der Waals surface area contributed by atoms with Crippen LogP contribution < -0.4 is 4.74 Å². The molecule has 1 amide bonds. The van der Waals surface area contributed by atoms with E-state index in [1.165, 1.54) is 16.7 Å². The summed E-state index contributed by atoms with van der Waals surface area (Å²) in [5.41, 5.74) is 1.37. The molecule has 4 nitrogen and oxygen atoms in total. The highest BCUT2D eigenvalue weighted by Crippen LogP contribution is 2.36. The molecule has 0 bridgehead atoms. The van der Waals surface area contributed by atoms with Gasteiger partial charge in [0.05, 0.1) is 22.2 Å². The fraction of sp³-hybridized carbons (Fsp3) is 0.158. The van der Waals surface area contributed by atoms with Crippen molar-refractivity contribution in [1.29, 1.82) is 0 Å². The van der Waals surface area contributed by atoms with Gasteiger partial charge >= 0.3 is 0 Å². The van der Waals surface area contributed by atoms with Crippen LogP contribution in [-0.4, -0.2) is 29.6 Å². The van der Waals surface area contributed by atoms with E-state index < -0.39 is 0 Å². The number of aliphatic imine (C=N–C) groups is 1. The summed E-state index contributed by atoms with van der Waals surface area (Å²) >= 11 is 13.5. The molecule has 1 heterocycles. The number of carbonyl (C=O) groups excluding carboxylic acids is 1. The number of thioether (sulfide) groups is 1. The molecule has 134 valence electrons. The molecular weight excluding hydrogens is 391 g/mol. The third-order valence-corrected chi connectivity index (χ3v) is 5.25. The van der Waals surface area contributed by atoms with Crippen molar-refractivity contribution in [2.75, 3.05) is 13.7 Å². The van der Waals surface area contributed by atoms with Crippen LogP contribution in [0.5, 0.6) is 5.75 Å². The third kappa shape index (κ3) is 4.06. The second-order valence-corrected chi connectivity index (χ2v) is 7.29. The molecule has 1 aliphatic heterocycles. The number of halogens is 2. The van der Waals surface area contributed by atoms with E-state index in [1.807, 2.05) is 19.1 Å². The molecule has 1 aliphatic rings. The number of carbonyl (C=O) groups is 1. The summed E-state index contributed by atoms with van der Waals surface area (Å²) < 4.78 is 5.62. The van der Waals surface area contributed by atoms with Crippen LogP contribution in [0.1, 0.15) is 12.5 Å². The average molecular weight is 407 g/mol. The van der Waals surface area contributed by atoms with Crippen LogP contribution in [0.25, 0.3) is 6.08 Å². The van der Waals surface area contributed by atoms with Crippen molar-refractivity contribution in [3.8, 4) is 5.75 Å². The van der Waals surface area contributed by atoms with E-state index in [9.17, 15) is 4.79 Å². The first-order valence-electron chi connectivity index (χ1n) is 7.92. The molecule has 1 saturated heterocycles. The quantitative estimate of drug-likeness (QED) is 0.618. The van der Waals surface area contributed by atoms with Crippen LogP contribution in [0, 0.1) is 0 Å². The number of hydrogen-bond donors (Lipinski definition) is 0. The number of hydrogen-bond acceptors (Lipinski definition) is 4. The summed E-state index contributed by atoms with van der Waals surface area (Å²) in [5.74, 6) is 0.542. The Morgan fingerprint density at radius 2 is 2.00 bits per heavy atom. The van der Waals surface area contributed by atoms with Gasteiger partial charge in [0.25, 0.3) is 5.91 Å². The van der Waals surface area contributed by atoms with Gasteiger partial charge in [-0.3, -0.25) is 9.69 Å². The molecule has 0 aliphatic carbocycles. The first-order chi connectivity index (χ1) is 12.5. The third-order valence-electron chi connectivity index (χ3n) is 3.63. The maximum absolute atomic E-state index is 12.6. The van der Waals surface area contributed by atoms with Gasteiger partial charge in [-0.1, -0.05) is 35.3 Å². The van der Waals surface area contributed by atoms with Gasteiger partial charge in [0.15, 0.2) is 5.17 Å². The molecule has 7 heteroatoms. The van der Waals surface area contributed by atoms with E-state index in [1.54, 1.807) is 43.5 Å². The van der Waals surface area contributed by atoms with Crippen molar-refractivity contribution in [2.24, 2.45) is 4.99 Å². The van der Waals surface area contributed by atoms with Crippen molar-refractivity contribution >= 4 is 57.8 Å². The van der Waals surface area contributed by atoms with E-state index in [2.05, 4.69) is 4.99 Å². The summed E-state index contributed by atoms with van der Waals surface area (Å²) in [5, 5.41) is 1.68. The van der Waals surface area contributed by atoms with E-state index >= 15 is 0 Å². The highest BCUT2D eigenvalue weighted by atomic mass is 35.5. The van der Waals surface area contributed by atoms with Crippen LogP contribution in [-0.2, 0) is 4.79 Å². The molecular formula is C19H16Cl2N2O2S. The Morgan fingerprint density at radius 3 is 2.73 bits per heavy atom. The normalized spacial score (nSPS) is 17.4. The van der Waals surface area contributed by atoms with Crippen molar-refractivity contribution in [1.82, 2.24) is 4.90 Å². The predicted octanol–water partition coefficient (Wildman–Crippen LogP) is 5.63. The monoisotopic (exact) mass is 406 g/mol. The molecule has 0 N–H and O–H groups in total. The Bertz CT molecular complexity index is 912. The zero-order chi connectivity index (χ0) is 18.7. The number of ether oxygens (including phenoxy) is 1. The topological polar surface area (TPSA) is 41.9 Å². The number of benzene rings is 2. The second-order valence-electron chi connectivity index (χ2n) is 5.44. The molecule has 1 fully saturated rings.